The number of likely N-dealkylation sites (tertiary alicyclic amines) is 1. The SMILES string of the molecule is CC1=C(Br)C(=O)OC1(C)CN1CCCC1. The Balaban J connectivity index is 2.10. The van der Waals surface area contributed by atoms with Crippen molar-refractivity contribution in [3.63, 3.8) is 0 Å². The molecule has 0 bridgehead atoms. The number of nitrogens with zero attached hydrogens (tertiary/aromatic N) is 1. The van der Waals surface area contributed by atoms with Gasteiger partial charge in [-0.15, -0.1) is 0 Å². The predicted octanol–water partition coefficient (Wildman–Crippen LogP) is 2.07. The second kappa shape index (κ2) is 3.91. The maximum absolute atomic E-state index is 11.4. The van der Waals surface area contributed by atoms with Crippen LogP contribution in [-0.2, 0) is 9.53 Å². The van der Waals surface area contributed by atoms with Gasteiger partial charge in [0.1, 0.15) is 10.1 Å². The van der Waals surface area contributed by atoms with Crippen molar-refractivity contribution < 1.29 is 9.53 Å². The number of cyclic esters (lactones) is 1. The summed E-state index contributed by atoms with van der Waals surface area (Å²) < 4.78 is 6.03. The van der Waals surface area contributed by atoms with Gasteiger partial charge in [0.15, 0.2) is 0 Å². The molecule has 2 aliphatic heterocycles. The van der Waals surface area contributed by atoms with Crippen LogP contribution < -0.4 is 0 Å². The maximum Gasteiger partial charge on any atom is 0.346 e. The van der Waals surface area contributed by atoms with Crippen molar-refractivity contribution >= 4 is 21.9 Å². The molecule has 15 heavy (non-hydrogen) atoms. The van der Waals surface area contributed by atoms with Gasteiger partial charge < -0.3 is 4.74 Å². The average Bonchev–Trinajstić information content (AvgIpc) is 2.72. The van der Waals surface area contributed by atoms with Gasteiger partial charge in [0.05, 0.1) is 0 Å². The molecule has 1 atom stereocenters. The van der Waals surface area contributed by atoms with Crippen LogP contribution in [0.4, 0.5) is 0 Å². The molecule has 0 N–H and O–H groups in total. The van der Waals surface area contributed by atoms with E-state index in [1.54, 1.807) is 0 Å². The van der Waals surface area contributed by atoms with Gasteiger partial charge in [0.25, 0.3) is 0 Å². The van der Waals surface area contributed by atoms with Gasteiger partial charge in [0.2, 0.25) is 0 Å². The fraction of sp³-hybridized carbons (Fsp3) is 0.727. The highest BCUT2D eigenvalue weighted by atomic mass is 79.9. The van der Waals surface area contributed by atoms with E-state index in [-0.39, 0.29) is 5.97 Å². The third-order valence-corrected chi connectivity index (χ3v) is 4.26. The van der Waals surface area contributed by atoms with Crippen molar-refractivity contribution in [3.8, 4) is 0 Å². The first-order chi connectivity index (χ1) is 7.03. The highest BCUT2D eigenvalue weighted by Gasteiger charge is 2.42. The van der Waals surface area contributed by atoms with Crippen LogP contribution in [0, 0.1) is 0 Å². The number of hydrogen-bond acceptors (Lipinski definition) is 3. The molecule has 4 heteroatoms. The Morgan fingerprint density at radius 1 is 1.47 bits per heavy atom. The summed E-state index contributed by atoms with van der Waals surface area (Å²) in [7, 11) is 0. The standard InChI is InChI=1S/C11H16BrNO2/c1-8-9(12)10(14)15-11(8,2)7-13-5-3-4-6-13/h3-7H2,1-2H3. The zero-order chi connectivity index (χ0) is 11.1. The van der Waals surface area contributed by atoms with Crippen LogP contribution in [0.3, 0.4) is 0 Å². The average molecular weight is 274 g/mol. The van der Waals surface area contributed by atoms with Crippen molar-refractivity contribution in [1.82, 2.24) is 4.90 Å². The highest BCUT2D eigenvalue weighted by Crippen LogP contribution is 2.36. The summed E-state index contributed by atoms with van der Waals surface area (Å²) >= 11 is 3.28. The van der Waals surface area contributed by atoms with E-state index < -0.39 is 5.60 Å². The van der Waals surface area contributed by atoms with Gasteiger partial charge in [-0.1, -0.05) is 0 Å². The van der Waals surface area contributed by atoms with Gasteiger partial charge in [-0.2, -0.15) is 0 Å². The monoisotopic (exact) mass is 273 g/mol. The normalized spacial score (nSPS) is 32.6. The smallest absolute Gasteiger partial charge is 0.346 e. The van der Waals surface area contributed by atoms with E-state index in [0.29, 0.717) is 4.48 Å². The molecular weight excluding hydrogens is 258 g/mol. The Bertz CT molecular complexity index is 321. The van der Waals surface area contributed by atoms with Crippen LogP contribution in [0.25, 0.3) is 0 Å². The number of carbonyl (C=O) groups is 1. The largest absolute Gasteiger partial charge is 0.449 e. The van der Waals surface area contributed by atoms with Crippen LogP contribution in [0.15, 0.2) is 10.1 Å². The topological polar surface area (TPSA) is 29.5 Å². The molecule has 0 aromatic rings. The third kappa shape index (κ3) is 1.97. The molecular formula is C11H16BrNO2. The lowest BCUT2D eigenvalue weighted by Gasteiger charge is -2.29. The Morgan fingerprint density at radius 3 is 2.53 bits per heavy atom. The van der Waals surface area contributed by atoms with Gasteiger partial charge >= 0.3 is 5.97 Å². The van der Waals surface area contributed by atoms with Gasteiger partial charge in [0, 0.05) is 6.54 Å². The third-order valence-electron chi connectivity index (χ3n) is 3.34. The molecule has 0 aromatic heterocycles. The summed E-state index contributed by atoms with van der Waals surface area (Å²) in [6, 6.07) is 0. The molecule has 84 valence electrons. The molecule has 2 heterocycles. The second-order valence-corrected chi connectivity index (χ2v) is 5.34. The van der Waals surface area contributed by atoms with Gasteiger partial charge in [-0.05, 0) is 61.3 Å². The van der Waals surface area contributed by atoms with E-state index in [4.69, 9.17) is 4.74 Å². The summed E-state index contributed by atoms with van der Waals surface area (Å²) in [5, 5.41) is 0. The number of halogens is 1. The van der Waals surface area contributed by atoms with Crippen LogP contribution in [0.1, 0.15) is 26.7 Å². The maximum atomic E-state index is 11.4. The Labute approximate surface area is 98.6 Å². The van der Waals surface area contributed by atoms with E-state index in [1.165, 1.54) is 12.8 Å². The number of carbonyl (C=O) groups excluding carboxylic acids is 1. The van der Waals surface area contributed by atoms with Crippen LogP contribution in [-0.4, -0.2) is 36.1 Å². The quantitative estimate of drug-likeness (QED) is 0.722. The summed E-state index contributed by atoms with van der Waals surface area (Å²) in [6.45, 7) is 7.02. The van der Waals surface area contributed by atoms with Crippen molar-refractivity contribution in [2.24, 2.45) is 0 Å². The van der Waals surface area contributed by atoms with Crippen LogP contribution >= 0.6 is 15.9 Å². The molecule has 0 radical (unpaired) electrons. The summed E-state index contributed by atoms with van der Waals surface area (Å²) in [6.07, 6.45) is 2.52. The molecule has 0 spiro atoms. The number of esters is 1. The first kappa shape index (κ1) is 11.1. The molecule has 3 nitrogen and oxygen atoms in total. The number of ether oxygens (including phenoxy) is 1. The minimum Gasteiger partial charge on any atom is -0.449 e. The highest BCUT2D eigenvalue weighted by molar-refractivity contribution is 9.12. The molecule has 2 rings (SSSR count). The van der Waals surface area contributed by atoms with Crippen LogP contribution in [0.2, 0.25) is 0 Å². The first-order valence-electron chi connectivity index (χ1n) is 5.35. The molecule has 0 amide bonds. The van der Waals surface area contributed by atoms with Gasteiger partial charge in [-0.3, -0.25) is 4.90 Å². The van der Waals surface area contributed by atoms with E-state index in [2.05, 4.69) is 20.8 Å². The molecule has 0 aliphatic carbocycles. The van der Waals surface area contributed by atoms with Crippen molar-refractivity contribution in [2.45, 2.75) is 32.3 Å². The minimum absolute atomic E-state index is 0.228. The number of rotatable bonds is 2. The molecule has 0 saturated carbocycles. The molecule has 0 aromatic carbocycles. The molecule has 1 unspecified atom stereocenters. The molecule has 2 aliphatic rings. The zero-order valence-electron chi connectivity index (χ0n) is 9.18. The summed E-state index contributed by atoms with van der Waals surface area (Å²) in [5.41, 5.74) is 0.583. The Kier molecular flexibility index (Phi) is 2.90. The summed E-state index contributed by atoms with van der Waals surface area (Å²) in [5.74, 6) is -0.228. The fourth-order valence-electron chi connectivity index (χ4n) is 2.23. The zero-order valence-corrected chi connectivity index (χ0v) is 10.8. The fourth-order valence-corrected chi connectivity index (χ4v) is 2.73. The van der Waals surface area contributed by atoms with Crippen molar-refractivity contribution in [2.75, 3.05) is 19.6 Å². The van der Waals surface area contributed by atoms with Crippen molar-refractivity contribution in [1.29, 1.82) is 0 Å². The number of hydrogen-bond donors (Lipinski definition) is 0. The summed E-state index contributed by atoms with van der Waals surface area (Å²) in [4.78, 5) is 13.8. The second-order valence-electron chi connectivity index (χ2n) is 4.54. The van der Waals surface area contributed by atoms with E-state index >= 15 is 0 Å². The minimum atomic E-state index is -0.430. The van der Waals surface area contributed by atoms with E-state index in [9.17, 15) is 4.79 Å². The Hall–Kier alpha value is -0.350. The van der Waals surface area contributed by atoms with Crippen molar-refractivity contribution in [3.05, 3.63) is 10.1 Å². The lowest BCUT2D eigenvalue weighted by molar-refractivity contribution is -0.146. The van der Waals surface area contributed by atoms with Crippen LogP contribution in [0.5, 0.6) is 0 Å². The molecule has 1 fully saturated rings. The van der Waals surface area contributed by atoms with E-state index in [1.807, 2.05) is 13.8 Å². The van der Waals surface area contributed by atoms with E-state index in [0.717, 1.165) is 25.2 Å². The lowest BCUT2D eigenvalue weighted by atomic mass is 9.98. The van der Waals surface area contributed by atoms with Gasteiger partial charge in [-0.25, -0.2) is 4.79 Å². The predicted molar refractivity (Wildman–Crippen MR) is 61.8 cm³/mol. The Morgan fingerprint density at radius 2 is 2.07 bits per heavy atom. The molecule has 1 saturated heterocycles. The first-order valence-corrected chi connectivity index (χ1v) is 6.15. The lowest BCUT2D eigenvalue weighted by Crippen LogP contribution is -2.41.